The molecule has 2 aromatic rings. The van der Waals surface area contributed by atoms with Crippen LogP contribution in [0.5, 0.6) is 0 Å². The molecule has 17 heavy (non-hydrogen) atoms. The molecule has 3 heteroatoms. The van der Waals surface area contributed by atoms with Crippen molar-refractivity contribution in [2.24, 2.45) is 7.05 Å². The third-order valence-corrected chi connectivity index (χ3v) is 3.53. The number of aryl methyl sites for hydroxylation is 3. The Hall–Kier alpha value is -1.77. The topological polar surface area (TPSA) is 43.8 Å². The first kappa shape index (κ1) is 11.7. The molecule has 0 amide bonds. The maximum Gasteiger partial charge on any atom is 0.200 e. The lowest BCUT2D eigenvalue weighted by Crippen LogP contribution is -1.96. The van der Waals surface area contributed by atoms with Gasteiger partial charge in [-0.1, -0.05) is 6.07 Å². The van der Waals surface area contributed by atoms with Crippen molar-refractivity contribution in [3.63, 3.8) is 0 Å². The van der Waals surface area contributed by atoms with Crippen molar-refractivity contribution in [3.8, 4) is 11.3 Å². The van der Waals surface area contributed by atoms with Crippen molar-refractivity contribution in [1.29, 1.82) is 0 Å². The van der Waals surface area contributed by atoms with E-state index in [-0.39, 0.29) is 0 Å². The van der Waals surface area contributed by atoms with Gasteiger partial charge in [-0.3, -0.25) is 0 Å². The first-order valence-electron chi connectivity index (χ1n) is 5.78. The summed E-state index contributed by atoms with van der Waals surface area (Å²) < 4.78 is 1.85. The molecule has 0 saturated carbocycles. The van der Waals surface area contributed by atoms with Crippen LogP contribution in [-0.4, -0.2) is 9.55 Å². The van der Waals surface area contributed by atoms with Gasteiger partial charge in [0.05, 0.1) is 5.69 Å². The van der Waals surface area contributed by atoms with E-state index in [1.54, 1.807) is 0 Å². The van der Waals surface area contributed by atoms with Gasteiger partial charge in [-0.05, 0) is 49.9 Å². The minimum Gasteiger partial charge on any atom is -0.369 e. The molecule has 0 aliphatic rings. The van der Waals surface area contributed by atoms with E-state index in [9.17, 15) is 0 Å². The van der Waals surface area contributed by atoms with Crippen LogP contribution in [0.2, 0.25) is 0 Å². The van der Waals surface area contributed by atoms with Crippen molar-refractivity contribution in [3.05, 3.63) is 34.5 Å². The molecule has 0 unspecified atom stereocenters. The summed E-state index contributed by atoms with van der Waals surface area (Å²) in [5, 5.41) is 0. The Morgan fingerprint density at radius 3 is 2.00 bits per heavy atom. The second-order valence-electron chi connectivity index (χ2n) is 4.73. The van der Waals surface area contributed by atoms with Gasteiger partial charge in [0.2, 0.25) is 0 Å². The minimum atomic E-state index is 0.554. The van der Waals surface area contributed by atoms with Crippen molar-refractivity contribution in [1.82, 2.24) is 9.55 Å². The number of hydrogen-bond donors (Lipinski definition) is 1. The van der Waals surface area contributed by atoms with Gasteiger partial charge in [0.1, 0.15) is 0 Å². The Balaban J connectivity index is 2.74. The summed E-state index contributed by atoms with van der Waals surface area (Å²) >= 11 is 0. The van der Waals surface area contributed by atoms with Crippen molar-refractivity contribution < 1.29 is 0 Å². The number of nitrogens with zero attached hydrogens (tertiary/aromatic N) is 2. The van der Waals surface area contributed by atoms with E-state index in [1.165, 1.54) is 27.8 Å². The lowest BCUT2D eigenvalue weighted by Gasteiger charge is -2.13. The fourth-order valence-corrected chi connectivity index (χ4v) is 2.20. The molecule has 0 aliphatic carbocycles. The Kier molecular flexibility index (Phi) is 2.69. The van der Waals surface area contributed by atoms with E-state index < -0.39 is 0 Å². The molecule has 0 fully saturated rings. The Bertz CT molecular complexity index is 534. The molecule has 1 heterocycles. The zero-order chi connectivity index (χ0) is 12.7. The van der Waals surface area contributed by atoms with Crippen LogP contribution in [0.15, 0.2) is 12.3 Å². The van der Waals surface area contributed by atoms with E-state index in [0.717, 1.165) is 5.69 Å². The number of rotatable bonds is 1. The molecular formula is C14H19N3. The maximum absolute atomic E-state index is 5.81. The highest BCUT2D eigenvalue weighted by Gasteiger charge is 2.13. The molecule has 1 aromatic heterocycles. The number of nitrogen functional groups attached to an aromatic ring is 1. The fourth-order valence-electron chi connectivity index (χ4n) is 2.20. The monoisotopic (exact) mass is 229 g/mol. The highest BCUT2D eigenvalue weighted by molar-refractivity contribution is 5.71. The van der Waals surface area contributed by atoms with Gasteiger partial charge in [-0.2, -0.15) is 0 Å². The number of imidazole rings is 1. The molecule has 0 bridgehead atoms. The SMILES string of the molecule is Cc1cc(C)c(C)c(-c2cn(C)c(N)n2)c1C. The Labute approximate surface area is 102 Å². The molecular weight excluding hydrogens is 210 g/mol. The smallest absolute Gasteiger partial charge is 0.200 e. The zero-order valence-electron chi connectivity index (χ0n) is 11.1. The lowest BCUT2D eigenvalue weighted by molar-refractivity contribution is 0.930. The summed E-state index contributed by atoms with van der Waals surface area (Å²) in [5.74, 6) is 0.554. The normalized spacial score (nSPS) is 10.9. The molecule has 0 atom stereocenters. The minimum absolute atomic E-state index is 0.554. The lowest BCUT2D eigenvalue weighted by atomic mass is 9.93. The average Bonchev–Trinajstić information content (AvgIpc) is 2.57. The van der Waals surface area contributed by atoms with Gasteiger partial charge in [0.15, 0.2) is 5.95 Å². The van der Waals surface area contributed by atoms with Crippen LogP contribution in [0.25, 0.3) is 11.3 Å². The number of anilines is 1. The molecule has 3 nitrogen and oxygen atoms in total. The van der Waals surface area contributed by atoms with Crippen LogP contribution in [0, 0.1) is 27.7 Å². The van der Waals surface area contributed by atoms with E-state index in [0.29, 0.717) is 5.95 Å². The standard InChI is InChI=1S/C14H19N3/c1-8-6-9(2)11(4)13(10(8)3)12-7-17(5)14(15)16-12/h6-7H,1-5H3,(H2,15,16). The van der Waals surface area contributed by atoms with Gasteiger partial charge < -0.3 is 10.3 Å². The van der Waals surface area contributed by atoms with Gasteiger partial charge in [0, 0.05) is 18.8 Å². The highest BCUT2D eigenvalue weighted by atomic mass is 15.1. The molecule has 2 N–H and O–H groups in total. The van der Waals surface area contributed by atoms with Gasteiger partial charge in [-0.15, -0.1) is 0 Å². The summed E-state index contributed by atoms with van der Waals surface area (Å²) in [6.45, 7) is 8.55. The van der Waals surface area contributed by atoms with Crippen molar-refractivity contribution >= 4 is 5.95 Å². The van der Waals surface area contributed by atoms with Crippen LogP contribution in [-0.2, 0) is 7.05 Å². The molecule has 0 saturated heterocycles. The number of aromatic nitrogens is 2. The van der Waals surface area contributed by atoms with Crippen molar-refractivity contribution in [2.75, 3.05) is 5.73 Å². The number of benzene rings is 1. The molecule has 90 valence electrons. The third-order valence-electron chi connectivity index (χ3n) is 3.53. The summed E-state index contributed by atoms with van der Waals surface area (Å²) in [6.07, 6.45) is 1.99. The van der Waals surface area contributed by atoms with E-state index in [1.807, 2.05) is 17.8 Å². The second-order valence-corrected chi connectivity index (χ2v) is 4.73. The fraction of sp³-hybridized carbons (Fsp3) is 0.357. The van der Waals surface area contributed by atoms with Crippen molar-refractivity contribution in [2.45, 2.75) is 27.7 Å². The first-order valence-corrected chi connectivity index (χ1v) is 5.78. The Morgan fingerprint density at radius 1 is 1.06 bits per heavy atom. The van der Waals surface area contributed by atoms with E-state index >= 15 is 0 Å². The molecule has 2 rings (SSSR count). The summed E-state index contributed by atoms with van der Waals surface area (Å²) in [7, 11) is 1.92. The third kappa shape index (κ3) is 1.82. The summed E-state index contributed by atoms with van der Waals surface area (Å²) in [5.41, 5.74) is 13.2. The predicted molar refractivity (Wildman–Crippen MR) is 72.0 cm³/mol. The molecule has 0 radical (unpaired) electrons. The average molecular weight is 229 g/mol. The van der Waals surface area contributed by atoms with Crippen LogP contribution in [0.4, 0.5) is 5.95 Å². The van der Waals surface area contributed by atoms with Gasteiger partial charge in [0.25, 0.3) is 0 Å². The van der Waals surface area contributed by atoms with Crippen LogP contribution in [0.1, 0.15) is 22.3 Å². The number of hydrogen-bond acceptors (Lipinski definition) is 2. The second kappa shape index (κ2) is 3.91. The quantitative estimate of drug-likeness (QED) is 0.817. The maximum atomic E-state index is 5.81. The Morgan fingerprint density at radius 2 is 1.59 bits per heavy atom. The molecule has 0 spiro atoms. The van der Waals surface area contributed by atoms with Crippen LogP contribution < -0.4 is 5.73 Å². The summed E-state index contributed by atoms with van der Waals surface area (Å²) in [4.78, 5) is 4.43. The molecule has 0 aliphatic heterocycles. The molecule has 1 aromatic carbocycles. The van der Waals surface area contributed by atoms with E-state index in [4.69, 9.17) is 5.73 Å². The zero-order valence-corrected chi connectivity index (χ0v) is 11.1. The van der Waals surface area contributed by atoms with Crippen LogP contribution >= 0.6 is 0 Å². The van der Waals surface area contributed by atoms with Crippen LogP contribution in [0.3, 0.4) is 0 Å². The summed E-state index contributed by atoms with van der Waals surface area (Å²) in [6, 6.07) is 2.22. The number of nitrogens with two attached hydrogens (primary N) is 1. The van der Waals surface area contributed by atoms with Gasteiger partial charge >= 0.3 is 0 Å². The van der Waals surface area contributed by atoms with Gasteiger partial charge in [-0.25, -0.2) is 4.98 Å². The largest absolute Gasteiger partial charge is 0.369 e. The first-order chi connectivity index (χ1) is 7.91. The highest BCUT2D eigenvalue weighted by Crippen LogP contribution is 2.31. The van der Waals surface area contributed by atoms with E-state index in [2.05, 4.69) is 38.7 Å². The predicted octanol–water partition coefficient (Wildman–Crippen LogP) is 2.90.